The van der Waals surface area contributed by atoms with Crippen LogP contribution in [0.3, 0.4) is 0 Å². The van der Waals surface area contributed by atoms with Crippen molar-refractivity contribution in [1.29, 1.82) is 0 Å². The molecule has 126 valence electrons. The maximum absolute atomic E-state index is 12.4. The molecule has 24 heavy (non-hydrogen) atoms. The van der Waals surface area contributed by atoms with Crippen LogP contribution in [0.1, 0.15) is 25.7 Å². The van der Waals surface area contributed by atoms with Gasteiger partial charge in [0.15, 0.2) is 17.2 Å². The number of halogens is 1. The molecule has 0 radical (unpaired) electrons. The number of anilines is 1. The highest BCUT2D eigenvalue weighted by molar-refractivity contribution is 6.31. The molecule has 3 rings (SSSR count). The van der Waals surface area contributed by atoms with Gasteiger partial charge in [-0.2, -0.15) is 0 Å². The number of rotatable bonds is 5. The number of benzene rings is 2. The fourth-order valence-electron chi connectivity index (χ4n) is 2.93. The van der Waals surface area contributed by atoms with Crippen molar-refractivity contribution in [3.05, 3.63) is 47.5 Å². The molecule has 2 aromatic rings. The smallest absolute Gasteiger partial charge is 0.227 e. The van der Waals surface area contributed by atoms with E-state index in [2.05, 4.69) is 5.32 Å². The van der Waals surface area contributed by atoms with Crippen molar-refractivity contribution >= 4 is 23.2 Å². The van der Waals surface area contributed by atoms with Crippen LogP contribution in [0.25, 0.3) is 0 Å². The van der Waals surface area contributed by atoms with Crippen LogP contribution in [-0.2, 0) is 4.79 Å². The summed E-state index contributed by atoms with van der Waals surface area (Å²) < 4.78 is 11.3. The highest BCUT2D eigenvalue weighted by atomic mass is 35.5. The fraction of sp³-hybridized carbons (Fsp3) is 0.316. The second-order valence-corrected chi connectivity index (χ2v) is 6.30. The van der Waals surface area contributed by atoms with Gasteiger partial charge in [0.2, 0.25) is 5.91 Å². The topological polar surface area (TPSA) is 47.6 Å². The van der Waals surface area contributed by atoms with E-state index in [1.165, 1.54) is 0 Å². The Hall–Kier alpha value is -2.20. The van der Waals surface area contributed by atoms with E-state index in [9.17, 15) is 4.79 Å². The molecule has 2 aromatic carbocycles. The third-order valence-electron chi connectivity index (χ3n) is 4.21. The van der Waals surface area contributed by atoms with Crippen LogP contribution in [0.5, 0.6) is 17.2 Å². The summed E-state index contributed by atoms with van der Waals surface area (Å²) in [6, 6.07) is 12.6. The maximum atomic E-state index is 12.4. The van der Waals surface area contributed by atoms with Gasteiger partial charge in [-0.3, -0.25) is 4.79 Å². The van der Waals surface area contributed by atoms with Crippen LogP contribution in [0.15, 0.2) is 42.5 Å². The summed E-state index contributed by atoms with van der Waals surface area (Å²) in [7, 11) is 1.59. The van der Waals surface area contributed by atoms with Crippen LogP contribution < -0.4 is 14.8 Å². The quantitative estimate of drug-likeness (QED) is 0.803. The average Bonchev–Trinajstić information content (AvgIpc) is 3.12. The van der Waals surface area contributed by atoms with Gasteiger partial charge in [0.1, 0.15) is 0 Å². The largest absolute Gasteiger partial charge is 0.493 e. The van der Waals surface area contributed by atoms with Crippen LogP contribution in [0.2, 0.25) is 5.02 Å². The van der Waals surface area contributed by atoms with Gasteiger partial charge in [-0.1, -0.05) is 36.6 Å². The number of carbonyl (C=O) groups is 1. The minimum Gasteiger partial charge on any atom is -0.493 e. The zero-order valence-electron chi connectivity index (χ0n) is 13.5. The Morgan fingerprint density at radius 2 is 1.79 bits per heavy atom. The first-order chi connectivity index (χ1) is 11.7. The number of methoxy groups -OCH3 is 1. The number of para-hydroxylation sites is 2. The van der Waals surface area contributed by atoms with E-state index in [0.717, 1.165) is 25.7 Å². The Balaban J connectivity index is 1.84. The first-order valence-electron chi connectivity index (χ1n) is 8.08. The molecule has 0 atom stereocenters. The monoisotopic (exact) mass is 345 g/mol. The van der Waals surface area contributed by atoms with E-state index < -0.39 is 0 Å². The van der Waals surface area contributed by atoms with Gasteiger partial charge in [0.25, 0.3) is 0 Å². The van der Waals surface area contributed by atoms with Gasteiger partial charge in [0.05, 0.1) is 12.8 Å². The Labute approximate surface area is 146 Å². The molecule has 5 heteroatoms. The van der Waals surface area contributed by atoms with E-state index in [4.69, 9.17) is 21.1 Å². The zero-order valence-corrected chi connectivity index (χ0v) is 14.3. The summed E-state index contributed by atoms with van der Waals surface area (Å²) in [6.07, 6.45) is 4.10. The van der Waals surface area contributed by atoms with E-state index in [1.54, 1.807) is 25.3 Å². The van der Waals surface area contributed by atoms with Crippen LogP contribution >= 0.6 is 11.6 Å². The minimum atomic E-state index is 0.0274. The van der Waals surface area contributed by atoms with Gasteiger partial charge in [0, 0.05) is 10.9 Å². The average molecular weight is 346 g/mol. The third-order valence-corrected chi connectivity index (χ3v) is 4.45. The number of ether oxygens (including phenoxy) is 2. The van der Waals surface area contributed by atoms with Gasteiger partial charge >= 0.3 is 0 Å². The van der Waals surface area contributed by atoms with Gasteiger partial charge < -0.3 is 14.8 Å². The Bertz CT molecular complexity index is 726. The molecule has 0 bridgehead atoms. The van der Waals surface area contributed by atoms with Crippen molar-refractivity contribution in [2.75, 3.05) is 12.4 Å². The molecular formula is C19H20ClNO3. The van der Waals surface area contributed by atoms with Crippen molar-refractivity contribution in [1.82, 2.24) is 0 Å². The molecule has 1 aliphatic carbocycles. The lowest BCUT2D eigenvalue weighted by Crippen LogP contribution is -2.20. The molecule has 0 aromatic heterocycles. The van der Waals surface area contributed by atoms with Crippen molar-refractivity contribution < 1.29 is 14.3 Å². The molecule has 4 nitrogen and oxygen atoms in total. The lowest BCUT2D eigenvalue weighted by molar-refractivity contribution is -0.119. The van der Waals surface area contributed by atoms with Crippen molar-refractivity contribution in [3.63, 3.8) is 0 Å². The normalized spacial score (nSPS) is 14.4. The van der Waals surface area contributed by atoms with E-state index in [-0.39, 0.29) is 11.8 Å². The fourth-order valence-corrected chi connectivity index (χ4v) is 3.11. The van der Waals surface area contributed by atoms with Gasteiger partial charge in [-0.05, 0) is 43.2 Å². The third kappa shape index (κ3) is 3.82. The summed E-state index contributed by atoms with van der Waals surface area (Å²) in [5, 5.41) is 3.51. The summed E-state index contributed by atoms with van der Waals surface area (Å²) >= 11 is 6.09. The molecule has 1 fully saturated rings. The highest BCUT2D eigenvalue weighted by Gasteiger charge is 2.23. The molecule has 1 saturated carbocycles. The summed E-state index contributed by atoms with van der Waals surface area (Å²) in [6.45, 7) is 0. The number of nitrogens with one attached hydrogen (secondary N) is 1. The SMILES string of the molecule is COc1ccccc1Oc1ccc(Cl)cc1NC(=O)C1CCCC1. The number of hydrogen-bond acceptors (Lipinski definition) is 3. The molecule has 1 N–H and O–H groups in total. The van der Waals surface area contributed by atoms with Crippen LogP contribution in [0, 0.1) is 5.92 Å². The number of amides is 1. The summed E-state index contributed by atoms with van der Waals surface area (Å²) in [4.78, 5) is 12.4. The van der Waals surface area contributed by atoms with Gasteiger partial charge in [-0.15, -0.1) is 0 Å². The Morgan fingerprint density at radius 1 is 1.08 bits per heavy atom. The Morgan fingerprint density at radius 3 is 2.50 bits per heavy atom. The Kier molecular flexibility index (Phi) is 5.26. The second kappa shape index (κ2) is 7.58. The summed E-state index contributed by atoms with van der Waals surface area (Å²) in [5.74, 6) is 1.84. The predicted molar refractivity (Wildman–Crippen MR) is 95.1 cm³/mol. The zero-order chi connectivity index (χ0) is 16.9. The van der Waals surface area contributed by atoms with Gasteiger partial charge in [-0.25, -0.2) is 0 Å². The molecule has 0 unspecified atom stereocenters. The molecule has 0 aliphatic heterocycles. The lowest BCUT2D eigenvalue weighted by Gasteiger charge is -2.16. The number of carbonyl (C=O) groups excluding carboxylic acids is 1. The van der Waals surface area contributed by atoms with E-state index in [1.807, 2.05) is 24.3 Å². The second-order valence-electron chi connectivity index (χ2n) is 5.86. The predicted octanol–water partition coefficient (Wildman–Crippen LogP) is 5.27. The van der Waals surface area contributed by atoms with Crippen molar-refractivity contribution in [2.24, 2.45) is 5.92 Å². The standard InChI is InChI=1S/C19H20ClNO3/c1-23-17-8-4-5-9-18(17)24-16-11-10-14(20)12-15(16)21-19(22)13-6-2-3-7-13/h4-5,8-13H,2-3,6-7H2,1H3,(H,21,22). The molecule has 0 saturated heterocycles. The van der Waals surface area contributed by atoms with E-state index >= 15 is 0 Å². The molecule has 0 heterocycles. The summed E-state index contributed by atoms with van der Waals surface area (Å²) in [5.41, 5.74) is 0.574. The highest BCUT2D eigenvalue weighted by Crippen LogP contribution is 2.37. The first-order valence-corrected chi connectivity index (χ1v) is 8.46. The number of hydrogen-bond donors (Lipinski definition) is 1. The molecular weight excluding hydrogens is 326 g/mol. The van der Waals surface area contributed by atoms with E-state index in [0.29, 0.717) is 28.0 Å². The van der Waals surface area contributed by atoms with Crippen molar-refractivity contribution in [3.8, 4) is 17.2 Å². The molecule has 1 amide bonds. The molecule has 0 spiro atoms. The van der Waals surface area contributed by atoms with Crippen molar-refractivity contribution in [2.45, 2.75) is 25.7 Å². The lowest BCUT2D eigenvalue weighted by atomic mass is 10.1. The minimum absolute atomic E-state index is 0.0274. The maximum Gasteiger partial charge on any atom is 0.227 e. The van der Waals surface area contributed by atoms with Crippen LogP contribution in [0.4, 0.5) is 5.69 Å². The molecule has 1 aliphatic rings. The first kappa shape index (κ1) is 16.7. The van der Waals surface area contributed by atoms with Crippen LogP contribution in [-0.4, -0.2) is 13.0 Å².